The van der Waals surface area contributed by atoms with Crippen molar-refractivity contribution in [2.24, 2.45) is 5.41 Å². The number of fused-ring (bicyclic) bond motifs is 7. The highest BCUT2D eigenvalue weighted by molar-refractivity contribution is 5.95. The van der Waals surface area contributed by atoms with Gasteiger partial charge in [0.05, 0.1) is 0 Å². The Hall–Kier alpha value is -4.62. The molecule has 0 fully saturated rings. The smallest absolute Gasteiger partial charge is 0.0464 e. The van der Waals surface area contributed by atoms with E-state index >= 15 is 0 Å². The minimum absolute atomic E-state index is 0.0482. The van der Waals surface area contributed by atoms with Crippen molar-refractivity contribution >= 4 is 17.3 Å². The van der Waals surface area contributed by atoms with E-state index in [1.165, 1.54) is 72.7 Å². The van der Waals surface area contributed by atoms with Crippen molar-refractivity contribution in [3.63, 3.8) is 0 Å². The third-order valence-electron chi connectivity index (χ3n) is 10.9. The second-order valence-corrected chi connectivity index (χ2v) is 13.4. The van der Waals surface area contributed by atoms with E-state index in [9.17, 15) is 0 Å². The molecule has 9 rings (SSSR count). The van der Waals surface area contributed by atoms with Crippen LogP contribution in [0.3, 0.4) is 0 Å². The molecule has 1 aliphatic heterocycles. The molecule has 3 aliphatic carbocycles. The lowest BCUT2D eigenvalue weighted by atomic mass is 9.53. The van der Waals surface area contributed by atoms with Crippen molar-refractivity contribution in [1.82, 2.24) is 0 Å². The van der Waals surface area contributed by atoms with E-state index in [4.69, 9.17) is 0 Å². The number of anilines is 1. The largest absolute Gasteiger partial charge is 0.317 e. The number of allylic oxidation sites excluding steroid dienone is 2. The molecule has 5 aromatic rings. The van der Waals surface area contributed by atoms with Crippen LogP contribution in [0.5, 0.6) is 0 Å². The topological polar surface area (TPSA) is 3.24 Å². The summed E-state index contributed by atoms with van der Waals surface area (Å²) in [5.41, 5.74) is 18.1. The van der Waals surface area contributed by atoms with E-state index in [1.807, 2.05) is 0 Å². The number of nitrogens with zero attached hydrogens (tertiary/aromatic N) is 1. The third-order valence-corrected chi connectivity index (χ3v) is 10.9. The van der Waals surface area contributed by atoms with Crippen LogP contribution < -0.4 is 4.90 Å². The Bertz CT molecular complexity index is 2010. The molecule has 1 heterocycles. The normalized spacial score (nSPS) is 22.2. The average Bonchev–Trinajstić information content (AvgIpc) is 3.31. The third kappa shape index (κ3) is 3.23. The van der Waals surface area contributed by atoms with Crippen LogP contribution in [0, 0.1) is 5.41 Å². The van der Waals surface area contributed by atoms with Gasteiger partial charge in [0.2, 0.25) is 0 Å². The van der Waals surface area contributed by atoms with Gasteiger partial charge in [0.1, 0.15) is 0 Å². The highest BCUT2D eigenvalue weighted by Crippen LogP contribution is 2.68. The maximum absolute atomic E-state index is 2.64. The molecule has 0 aromatic heterocycles. The Labute approximate surface area is 254 Å². The van der Waals surface area contributed by atoms with Gasteiger partial charge in [0.25, 0.3) is 0 Å². The summed E-state index contributed by atoms with van der Waals surface area (Å²) in [7, 11) is 0. The molecule has 5 aromatic carbocycles. The Kier molecular flexibility index (Phi) is 5.05. The predicted octanol–water partition coefficient (Wildman–Crippen LogP) is 10.4. The second kappa shape index (κ2) is 8.71. The van der Waals surface area contributed by atoms with Gasteiger partial charge in [-0.05, 0) is 93.6 Å². The molecule has 0 bridgehead atoms. The molecule has 0 radical (unpaired) electrons. The van der Waals surface area contributed by atoms with E-state index in [-0.39, 0.29) is 16.7 Å². The number of aryl methyl sites for hydroxylation is 1. The Morgan fingerprint density at radius 1 is 0.628 bits per heavy atom. The van der Waals surface area contributed by atoms with Gasteiger partial charge in [-0.2, -0.15) is 0 Å². The van der Waals surface area contributed by atoms with Gasteiger partial charge in [-0.3, -0.25) is 0 Å². The lowest BCUT2D eigenvalue weighted by molar-refractivity contribution is 0.435. The van der Waals surface area contributed by atoms with Crippen LogP contribution >= 0.6 is 0 Å². The molecule has 208 valence electrons. The van der Waals surface area contributed by atoms with E-state index < -0.39 is 0 Å². The zero-order valence-corrected chi connectivity index (χ0v) is 25.1. The first-order chi connectivity index (χ1) is 21.0. The number of hydrogen-bond donors (Lipinski definition) is 0. The minimum Gasteiger partial charge on any atom is -0.317 e. The van der Waals surface area contributed by atoms with Crippen LogP contribution in [0.1, 0.15) is 72.1 Å². The van der Waals surface area contributed by atoms with Gasteiger partial charge in [-0.15, -0.1) is 0 Å². The Balaban J connectivity index is 1.33. The van der Waals surface area contributed by atoms with Gasteiger partial charge in [0.15, 0.2) is 0 Å². The van der Waals surface area contributed by atoms with E-state index in [0.717, 1.165) is 12.8 Å². The maximum Gasteiger partial charge on any atom is 0.0464 e. The summed E-state index contributed by atoms with van der Waals surface area (Å²) in [6, 6.07) is 45.5. The highest BCUT2D eigenvalue weighted by atomic mass is 15.2. The summed E-state index contributed by atoms with van der Waals surface area (Å²) in [4.78, 5) is 2.64. The van der Waals surface area contributed by atoms with Crippen LogP contribution in [-0.4, -0.2) is 0 Å². The number of hydrogen-bond acceptors (Lipinski definition) is 1. The van der Waals surface area contributed by atoms with Crippen LogP contribution in [0.15, 0.2) is 133 Å². The number of rotatable bonds is 2. The predicted molar refractivity (Wildman–Crippen MR) is 179 cm³/mol. The summed E-state index contributed by atoms with van der Waals surface area (Å²) in [6.45, 7) is 7.37. The zero-order valence-electron chi connectivity index (χ0n) is 25.1. The molecule has 0 amide bonds. The monoisotopic (exact) mass is 553 g/mol. The molecular weight excluding hydrogens is 518 g/mol. The van der Waals surface area contributed by atoms with Gasteiger partial charge in [0, 0.05) is 33.8 Å². The van der Waals surface area contributed by atoms with E-state index in [1.54, 1.807) is 0 Å². The van der Waals surface area contributed by atoms with E-state index in [0.29, 0.717) is 0 Å². The van der Waals surface area contributed by atoms with Gasteiger partial charge >= 0.3 is 0 Å². The summed E-state index contributed by atoms with van der Waals surface area (Å²) in [5, 5.41) is 0. The fraction of sp³-hybridized carbons (Fsp3) is 0.190. The van der Waals surface area contributed by atoms with Crippen molar-refractivity contribution in [3.05, 3.63) is 172 Å². The summed E-state index contributed by atoms with van der Waals surface area (Å²) in [6.07, 6.45) is 4.65. The molecule has 43 heavy (non-hydrogen) atoms. The Morgan fingerprint density at radius 3 is 2.16 bits per heavy atom. The Morgan fingerprint density at radius 2 is 1.33 bits per heavy atom. The summed E-state index contributed by atoms with van der Waals surface area (Å²) >= 11 is 0. The standard InChI is InChI=1S/C42H35N/c1-41(2)34-18-10-9-17-33(34)40-38-30(15-11-19-35(38)41)26-37-42(40,3)39-32-16-8-7-14-29(32)22-25-36(39)43(37)31-23-20-28(21-24-31)27-12-5-4-6-13-27/h4-21,23-24,26,40H,22,25H2,1-3H3. The average molecular weight is 554 g/mol. The second-order valence-electron chi connectivity index (χ2n) is 13.4. The minimum atomic E-state index is -0.209. The van der Waals surface area contributed by atoms with Gasteiger partial charge in [-0.25, -0.2) is 0 Å². The molecule has 2 atom stereocenters. The fourth-order valence-electron chi connectivity index (χ4n) is 9.00. The molecule has 0 saturated carbocycles. The molecule has 4 aliphatic rings. The maximum atomic E-state index is 2.64. The van der Waals surface area contributed by atoms with Crippen LogP contribution in [0.2, 0.25) is 0 Å². The molecule has 1 nitrogen and oxygen atoms in total. The van der Waals surface area contributed by atoms with E-state index in [2.05, 4.69) is 153 Å². The van der Waals surface area contributed by atoms with Crippen molar-refractivity contribution in [2.45, 2.75) is 44.9 Å². The van der Waals surface area contributed by atoms with Crippen molar-refractivity contribution in [3.8, 4) is 11.1 Å². The fourth-order valence-corrected chi connectivity index (χ4v) is 9.00. The van der Waals surface area contributed by atoms with Crippen LogP contribution in [0.25, 0.3) is 22.8 Å². The van der Waals surface area contributed by atoms with Crippen molar-refractivity contribution < 1.29 is 0 Å². The van der Waals surface area contributed by atoms with Crippen LogP contribution in [0.4, 0.5) is 5.69 Å². The lowest BCUT2D eigenvalue weighted by Gasteiger charge is -2.50. The van der Waals surface area contributed by atoms with Crippen molar-refractivity contribution in [2.75, 3.05) is 4.90 Å². The molecule has 2 unspecified atom stereocenters. The zero-order chi connectivity index (χ0) is 28.9. The molecule has 0 spiro atoms. The first kappa shape index (κ1) is 24.9. The first-order valence-corrected chi connectivity index (χ1v) is 15.7. The quantitative estimate of drug-likeness (QED) is 0.210. The summed E-state index contributed by atoms with van der Waals surface area (Å²) < 4.78 is 0. The highest BCUT2D eigenvalue weighted by Gasteiger charge is 2.58. The molecule has 1 heteroatoms. The molecule has 0 N–H and O–H groups in total. The SMILES string of the molecule is CC1(C)c2ccccc2C2c3c(cccc31)C=C1N(c3ccc(-c4ccccc4)cc3)C3=C(c4ccccc4CC3)C12C. The molecule has 0 saturated heterocycles. The lowest BCUT2D eigenvalue weighted by Crippen LogP contribution is -2.40. The van der Waals surface area contributed by atoms with Gasteiger partial charge in [-0.1, -0.05) is 123 Å². The van der Waals surface area contributed by atoms with Gasteiger partial charge < -0.3 is 4.90 Å². The van der Waals surface area contributed by atoms with Crippen molar-refractivity contribution in [1.29, 1.82) is 0 Å². The number of benzene rings is 5. The summed E-state index contributed by atoms with van der Waals surface area (Å²) in [5.74, 6) is 0.243. The van der Waals surface area contributed by atoms with Crippen LogP contribution in [-0.2, 0) is 11.8 Å². The first-order valence-electron chi connectivity index (χ1n) is 15.7. The molecular formula is C42H35N.